The van der Waals surface area contributed by atoms with E-state index in [1.165, 1.54) is 18.2 Å². The lowest BCUT2D eigenvalue weighted by atomic mass is 10.0. The second-order valence-corrected chi connectivity index (χ2v) is 4.73. The van der Waals surface area contributed by atoms with E-state index in [2.05, 4.69) is 5.32 Å². The molecule has 102 valence electrons. The van der Waals surface area contributed by atoms with Gasteiger partial charge in [0.15, 0.2) is 0 Å². The molecule has 0 radical (unpaired) electrons. The van der Waals surface area contributed by atoms with Crippen molar-refractivity contribution >= 4 is 5.57 Å². The van der Waals surface area contributed by atoms with Crippen LogP contribution in [-0.4, -0.2) is 6.54 Å². The maximum absolute atomic E-state index is 13.7. The summed E-state index contributed by atoms with van der Waals surface area (Å²) in [6, 6.07) is 9.41. The average molecular weight is 275 g/mol. The summed E-state index contributed by atoms with van der Waals surface area (Å²) in [7, 11) is 0. The average Bonchev–Trinajstić information content (AvgIpc) is 2.91. The highest BCUT2D eigenvalue weighted by atomic mass is 19.1. The molecule has 3 rings (SSSR count). The van der Waals surface area contributed by atoms with Gasteiger partial charge in [-0.25, -0.2) is 13.2 Å². The molecule has 1 unspecified atom stereocenters. The maximum atomic E-state index is 13.7. The van der Waals surface area contributed by atoms with Gasteiger partial charge >= 0.3 is 0 Å². The van der Waals surface area contributed by atoms with E-state index in [1.807, 2.05) is 0 Å². The molecule has 0 aliphatic carbocycles. The first-order chi connectivity index (χ1) is 9.63. The molecule has 0 bridgehead atoms. The van der Waals surface area contributed by atoms with Crippen molar-refractivity contribution in [3.8, 4) is 0 Å². The van der Waals surface area contributed by atoms with E-state index in [4.69, 9.17) is 0 Å². The predicted octanol–water partition coefficient (Wildman–Crippen LogP) is 3.83. The zero-order valence-electron chi connectivity index (χ0n) is 10.5. The first kappa shape index (κ1) is 12.9. The van der Waals surface area contributed by atoms with E-state index in [0.717, 1.165) is 17.7 Å². The van der Waals surface area contributed by atoms with Gasteiger partial charge in [-0.2, -0.15) is 0 Å². The molecular formula is C16H12F3N. The van der Waals surface area contributed by atoms with Crippen LogP contribution in [-0.2, 0) is 0 Å². The minimum atomic E-state index is -0.475. The Labute approximate surface area is 114 Å². The van der Waals surface area contributed by atoms with Crippen molar-refractivity contribution in [2.45, 2.75) is 6.04 Å². The highest BCUT2D eigenvalue weighted by Gasteiger charge is 2.20. The van der Waals surface area contributed by atoms with Crippen LogP contribution in [0.5, 0.6) is 0 Å². The van der Waals surface area contributed by atoms with Crippen LogP contribution in [0.2, 0.25) is 0 Å². The summed E-state index contributed by atoms with van der Waals surface area (Å²) in [6.07, 6.45) is 1.80. The number of rotatable bonds is 2. The lowest BCUT2D eigenvalue weighted by Crippen LogP contribution is -2.14. The predicted molar refractivity (Wildman–Crippen MR) is 71.5 cm³/mol. The van der Waals surface area contributed by atoms with E-state index < -0.39 is 11.6 Å². The van der Waals surface area contributed by atoms with Gasteiger partial charge in [0, 0.05) is 12.1 Å². The zero-order valence-corrected chi connectivity index (χ0v) is 10.5. The Morgan fingerprint density at radius 3 is 2.55 bits per heavy atom. The van der Waals surface area contributed by atoms with Crippen molar-refractivity contribution in [3.63, 3.8) is 0 Å². The SMILES string of the molecule is Fc1cccc(C2C=C(c3cc(F)ccc3F)CN2)c1. The summed E-state index contributed by atoms with van der Waals surface area (Å²) in [5, 5.41) is 3.15. The van der Waals surface area contributed by atoms with Crippen molar-refractivity contribution in [2.75, 3.05) is 6.54 Å². The number of nitrogens with one attached hydrogen (secondary N) is 1. The molecule has 1 aliphatic rings. The smallest absolute Gasteiger partial charge is 0.130 e. The third-order valence-corrected chi connectivity index (χ3v) is 3.36. The molecule has 1 atom stereocenters. The fourth-order valence-electron chi connectivity index (χ4n) is 2.38. The molecular weight excluding hydrogens is 263 g/mol. The molecule has 0 saturated heterocycles. The Bertz CT molecular complexity index is 679. The van der Waals surface area contributed by atoms with E-state index in [-0.39, 0.29) is 17.4 Å². The zero-order chi connectivity index (χ0) is 14.1. The lowest BCUT2D eigenvalue weighted by molar-refractivity contribution is 0.596. The Morgan fingerprint density at radius 2 is 1.75 bits per heavy atom. The molecule has 1 aliphatic heterocycles. The van der Waals surface area contributed by atoms with Gasteiger partial charge in [-0.3, -0.25) is 0 Å². The van der Waals surface area contributed by atoms with Crippen LogP contribution in [0.4, 0.5) is 13.2 Å². The highest BCUT2D eigenvalue weighted by molar-refractivity contribution is 5.70. The summed E-state index contributed by atoms with van der Waals surface area (Å²) < 4.78 is 40.1. The molecule has 2 aromatic carbocycles. The lowest BCUT2D eigenvalue weighted by Gasteiger charge is -2.08. The van der Waals surface area contributed by atoms with Crippen LogP contribution in [0.15, 0.2) is 48.5 Å². The molecule has 20 heavy (non-hydrogen) atoms. The Balaban J connectivity index is 1.93. The molecule has 1 N–H and O–H groups in total. The fraction of sp³-hybridized carbons (Fsp3) is 0.125. The van der Waals surface area contributed by atoms with Gasteiger partial charge < -0.3 is 5.32 Å². The second kappa shape index (κ2) is 5.13. The summed E-state index contributed by atoms with van der Waals surface area (Å²) in [5.41, 5.74) is 1.68. The summed E-state index contributed by atoms with van der Waals surface area (Å²) >= 11 is 0. The van der Waals surface area contributed by atoms with Crippen LogP contribution in [0.1, 0.15) is 17.2 Å². The minimum absolute atomic E-state index is 0.191. The summed E-state index contributed by atoms with van der Waals surface area (Å²) in [4.78, 5) is 0. The van der Waals surface area contributed by atoms with Crippen LogP contribution < -0.4 is 5.32 Å². The van der Waals surface area contributed by atoms with E-state index in [0.29, 0.717) is 12.1 Å². The standard InChI is InChI=1S/C16H12F3N/c17-12-3-1-2-10(6-12)16-7-11(9-20-16)14-8-13(18)4-5-15(14)19/h1-8,16,20H,9H2. The van der Waals surface area contributed by atoms with Gasteiger partial charge in [-0.15, -0.1) is 0 Å². The molecule has 0 aromatic heterocycles. The topological polar surface area (TPSA) is 12.0 Å². The summed E-state index contributed by atoms with van der Waals surface area (Å²) in [6.45, 7) is 0.418. The van der Waals surface area contributed by atoms with Gasteiger partial charge in [0.05, 0.1) is 6.04 Å². The third kappa shape index (κ3) is 2.47. The van der Waals surface area contributed by atoms with Gasteiger partial charge in [0.25, 0.3) is 0 Å². The van der Waals surface area contributed by atoms with Crippen molar-refractivity contribution in [2.24, 2.45) is 0 Å². The van der Waals surface area contributed by atoms with Crippen LogP contribution >= 0.6 is 0 Å². The molecule has 1 heterocycles. The first-order valence-corrected chi connectivity index (χ1v) is 6.28. The van der Waals surface area contributed by atoms with Crippen molar-refractivity contribution in [3.05, 3.63) is 77.1 Å². The van der Waals surface area contributed by atoms with E-state index in [9.17, 15) is 13.2 Å². The van der Waals surface area contributed by atoms with Gasteiger partial charge in [0.2, 0.25) is 0 Å². The molecule has 4 heteroatoms. The monoisotopic (exact) mass is 275 g/mol. The van der Waals surface area contributed by atoms with Crippen molar-refractivity contribution in [1.82, 2.24) is 5.32 Å². The quantitative estimate of drug-likeness (QED) is 0.878. The van der Waals surface area contributed by atoms with Crippen LogP contribution in [0, 0.1) is 17.5 Å². The fourth-order valence-corrected chi connectivity index (χ4v) is 2.38. The van der Waals surface area contributed by atoms with Gasteiger partial charge in [-0.1, -0.05) is 18.2 Å². The van der Waals surface area contributed by atoms with Crippen LogP contribution in [0.25, 0.3) is 5.57 Å². The molecule has 2 aromatic rings. The Morgan fingerprint density at radius 1 is 0.950 bits per heavy atom. The van der Waals surface area contributed by atoms with Gasteiger partial charge in [0.1, 0.15) is 17.5 Å². The Kier molecular flexibility index (Phi) is 3.32. The number of benzene rings is 2. The normalized spacial score (nSPS) is 18.1. The highest BCUT2D eigenvalue weighted by Crippen LogP contribution is 2.29. The van der Waals surface area contributed by atoms with Gasteiger partial charge in [-0.05, 0) is 41.5 Å². The molecule has 0 amide bonds. The second-order valence-electron chi connectivity index (χ2n) is 4.73. The van der Waals surface area contributed by atoms with Crippen LogP contribution in [0.3, 0.4) is 0 Å². The first-order valence-electron chi connectivity index (χ1n) is 6.28. The molecule has 0 saturated carbocycles. The number of hydrogen-bond donors (Lipinski definition) is 1. The number of halogens is 3. The van der Waals surface area contributed by atoms with E-state index in [1.54, 1.807) is 18.2 Å². The molecule has 0 fully saturated rings. The number of hydrogen-bond acceptors (Lipinski definition) is 1. The minimum Gasteiger partial charge on any atom is -0.303 e. The van der Waals surface area contributed by atoms with E-state index >= 15 is 0 Å². The molecule has 1 nitrogen and oxygen atoms in total. The van der Waals surface area contributed by atoms with Crippen molar-refractivity contribution in [1.29, 1.82) is 0 Å². The van der Waals surface area contributed by atoms with Crippen molar-refractivity contribution < 1.29 is 13.2 Å². The largest absolute Gasteiger partial charge is 0.303 e. The molecule has 0 spiro atoms. The summed E-state index contributed by atoms with van der Waals surface area (Å²) in [5.74, 6) is -1.25. The Hall–Kier alpha value is -2.07. The third-order valence-electron chi connectivity index (χ3n) is 3.36. The maximum Gasteiger partial charge on any atom is 0.130 e.